The summed E-state index contributed by atoms with van der Waals surface area (Å²) >= 11 is 0. The monoisotopic (exact) mass is 176 g/mol. The summed E-state index contributed by atoms with van der Waals surface area (Å²) in [5.41, 5.74) is 2.74. The highest BCUT2D eigenvalue weighted by atomic mass is 16.1. The molecule has 0 radical (unpaired) electrons. The number of Topliss-reactive ketones (excluding diaryl/α,β-unsaturated/α-hetero) is 1. The number of carbonyl (C=O) groups is 1. The second-order valence-corrected chi connectivity index (χ2v) is 2.96. The molecule has 0 bridgehead atoms. The Morgan fingerprint density at radius 3 is 2.69 bits per heavy atom. The smallest absolute Gasteiger partial charge is 0.206 e. The molecule has 0 aliphatic rings. The Balaban J connectivity index is 3.09. The van der Waals surface area contributed by atoms with Crippen LogP contribution in [0.3, 0.4) is 0 Å². The van der Waals surface area contributed by atoms with Gasteiger partial charge in [0.25, 0.3) is 0 Å². The summed E-state index contributed by atoms with van der Waals surface area (Å²) in [4.78, 5) is 11.3. The van der Waals surface area contributed by atoms with Crippen molar-refractivity contribution in [3.05, 3.63) is 34.9 Å². The van der Waals surface area contributed by atoms with Gasteiger partial charge in [-0.3, -0.25) is 4.79 Å². The molecule has 3 heteroatoms. The Bertz CT molecular complexity index is 356. The highest BCUT2D eigenvalue weighted by Crippen LogP contribution is 2.10. The van der Waals surface area contributed by atoms with E-state index >= 15 is 0 Å². The lowest BCUT2D eigenvalue weighted by Gasteiger charge is -2.01. The van der Waals surface area contributed by atoms with Gasteiger partial charge in [0.1, 0.15) is 0 Å². The summed E-state index contributed by atoms with van der Waals surface area (Å²) in [7, 11) is 0. The maximum absolute atomic E-state index is 11.3. The van der Waals surface area contributed by atoms with Crippen LogP contribution in [0.15, 0.2) is 23.3 Å². The van der Waals surface area contributed by atoms with Crippen molar-refractivity contribution in [2.75, 3.05) is 0 Å². The number of rotatable bonds is 2. The van der Waals surface area contributed by atoms with E-state index in [-0.39, 0.29) is 5.78 Å². The first-order valence-electron chi connectivity index (χ1n) is 4.00. The van der Waals surface area contributed by atoms with Crippen molar-refractivity contribution < 1.29 is 4.79 Å². The fraction of sp³-hybridized carbons (Fsp3) is 0.200. The number of nitrogens with two attached hydrogens (primary N) is 1. The van der Waals surface area contributed by atoms with E-state index in [0.717, 1.165) is 17.3 Å². The lowest BCUT2D eigenvalue weighted by Crippen LogP contribution is -2.04. The fourth-order valence-electron chi connectivity index (χ4n) is 1.23. The highest BCUT2D eigenvalue weighted by Gasteiger charge is 2.05. The van der Waals surface area contributed by atoms with Crippen molar-refractivity contribution in [2.45, 2.75) is 13.8 Å². The van der Waals surface area contributed by atoms with E-state index in [2.05, 4.69) is 5.10 Å². The molecule has 68 valence electrons. The Morgan fingerprint density at radius 1 is 1.46 bits per heavy atom. The summed E-state index contributed by atoms with van der Waals surface area (Å²) in [6.45, 7) is 3.88. The topological polar surface area (TPSA) is 55.5 Å². The van der Waals surface area contributed by atoms with Gasteiger partial charge in [0, 0.05) is 5.56 Å². The summed E-state index contributed by atoms with van der Waals surface area (Å²) in [5, 5.41) is 3.20. The molecule has 0 saturated heterocycles. The van der Waals surface area contributed by atoms with Gasteiger partial charge in [-0.2, -0.15) is 5.10 Å². The van der Waals surface area contributed by atoms with E-state index in [1.807, 2.05) is 26.0 Å². The van der Waals surface area contributed by atoms with Crippen LogP contribution < -0.4 is 5.84 Å². The van der Waals surface area contributed by atoms with Crippen molar-refractivity contribution >= 4 is 12.0 Å². The molecule has 0 amide bonds. The van der Waals surface area contributed by atoms with Crippen molar-refractivity contribution in [3.8, 4) is 0 Å². The zero-order valence-electron chi connectivity index (χ0n) is 7.74. The van der Waals surface area contributed by atoms with Gasteiger partial charge in [-0.15, -0.1) is 0 Å². The Hall–Kier alpha value is -1.64. The van der Waals surface area contributed by atoms with E-state index in [1.165, 1.54) is 0 Å². The summed E-state index contributed by atoms with van der Waals surface area (Å²) in [6, 6.07) is 5.64. The molecule has 0 heterocycles. The summed E-state index contributed by atoms with van der Waals surface area (Å²) < 4.78 is 0. The average molecular weight is 176 g/mol. The lowest BCUT2D eigenvalue weighted by atomic mass is 10.0. The number of nitrogens with zero attached hydrogens (tertiary/aromatic N) is 1. The first kappa shape index (κ1) is 9.45. The standard InChI is InChI=1S/C10H12N2O/c1-7-3-4-9(8(2)5-7)10(13)6-12-11/h3-6H,11H2,1-2H3/b12-6-. The first-order valence-corrected chi connectivity index (χ1v) is 4.00. The van der Waals surface area contributed by atoms with Gasteiger partial charge in [-0.05, 0) is 19.4 Å². The molecule has 1 aromatic carbocycles. The van der Waals surface area contributed by atoms with Gasteiger partial charge in [-0.1, -0.05) is 23.8 Å². The predicted octanol–water partition coefficient (Wildman–Crippen LogP) is 1.43. The SMILES string of the molecule is Cc1ccc(C(=O)/C=N\N)c(C)c1. The van der Waals surface area contributed by atoms with Crippen molar-refractivity contribution in [1.29, 1.82) is 0 Å². The minimum Gasteiger partial charge on any atom is -0.323 e. The van der Waals surface area contributed by atoms with Gasteiger partial charge < -0.3 is 5.84 Å². The summed E-state index contributed by atoms with van der Waals surface area (Å²) in [6.07, 6.45) is 1.12. The third-order valence-corrected chi connectivity index (χ3v) is 1.84. The second kappa shape index (κ2) is 3.85. The molecule has 0 atom stereocenters. The fourth-order valence-corrected chi connectivity index (χ4v) is 1.23. The third kappa shape index (κ3) is 2.15. The second-order valence-electron chi connectivity index (χ2n) is 2.96. The molecule has 1 rings (SSSR count). The molecular formula is C10H12N2O. The minimum atomic E-state index is -0.153. The van der Waals surface area contributed by atoms with Crippen molar-refractivity contribution in [3.63, 3.8) is 0 Å². The van der Waals surface area contributed by atoms with E-state index < -0.39 is 0 Å². The van der Waals surface area contributed by atoms with Crippen molar-refractivity contribution in [1.82, 2.24) is 0 Å². The minimum absolute atomic E-state index is 0.153. The molecule has 0 unspecified atom stereocenters. The molecule has 0 fully saturated rings. The van der Waals surface area contributed by atoms with Gasteiger partial charge in [0.15, 0.2) is 0 Å². The van der Waals surface area contributed by atoms with Gasteiger partial charge in [-0.25, -0.2) is 0 Å². The number of hydrazone groups is 1. The Kier molecular flexibility index (Phi) is 2.80. The van der Waals surface area contributed by atoms with Crippen LogP contribution >= 0.6 is 0 Å². The molecule has 0 aliphatic carbocycles. The summed E-state index contributed by atoms with van der Waals surface area (Å²) in [5.74, 6) is 4.74. The van der Waals surface area contributed by atoms with E-state index in [0.29, 0.717) is 5.56 Å². The molecule has 0 aromatic heterocycles. The zero-order chi connectivity index (χ0) is 9.84. The van der Waals surface area contributed by atoms with E-state index in [1.54, 1.807) is 6.07 Å². The van der Waals surface area contributed by atoms with Gasteiger partial charge in [0.05, 0.1) is 6.21 Å². The molecule has 13 heavy (non-hydrogen) atoms. The Morgan fingerprint density at radius 2 is 2.15 bits per heavy atom. The number of carbonyl (C=O) groups excluding carboxylic acids is 1. The highest BCUT2D eigenvalue weighted by molar-refractivity contribution is 6.35. The van der Waals surface area contributed by atoms with Crippen LogP contribution in [0.2, 0.25) is 0 Å². The quantitative estimate of drug-likeness (QED) is 0.321. The molecule has 3 nitrogen and oxygen atoms in total. The average Bonchev–Trinajstić information content (AvgIpc) is 2.04. The zero-order valence-corrected chi connectivity index (χ0v) is 7.74. The number of aryl methyl sites for hydroxylation is 2. The van der Waals surface area contributed by atoms with Gasteiger partial charge >= 0.3 is 0 Å². The van der Waals surface area contributed by atoms with Gasteiger partial charge in [0.2, 0.25) is 5.78 Å². The van der Waals surface area contributed by atoms with Crippen LogP contribution in [0.25, 0.3) is 0 Å². The molecule has 0 saturated carbocycles. The maximum atomic E-state index is 11.3. The van der Waals surface area contributed by atoms with Crippen LogP contribution in [-0.4, -0.2) is 12.0 Å². The Labute approximate surface area is 77.3 Å². The van der Waals surface area contributed by atoms with Crippen molar-refractivity contribution in [2.24, 2.45) is 10.9 Å². The number of ketones is 1. The third-order valence-electron chi connectivity index (χ3n) is 1.84. The van der Waals surface area contributed by atoms with Crippen LogP contribution in [0.5, 0.6) is 0 Å². The van der Waals surface area contributed by atoms with Crippen LogP contribution in [0.1, 0.15) is 21.5 Å². The number of benzene rings is 1. The first-order chi connectivity index (χ1) is 6.15. The normalized spacial score (nSPS) is 10.6. The number of hydrogen-bond acceptors (Lipinski definition) is 3. The molecular weight excluding hydrogens is 164 g/mol. The van der Waals surface area contributed by atoms with Crippen LogP contribution in [0.4, 0.5) is 0 Å². The maximum Gasteiger partial charge on any atom is 0.206 e. The molecule has 0 aliphatic heterocycles. The molecule has 2 N–H and O–H groups in total. The molecule has 1 aromatic rings. The molecule has 0 spiro atoms. The van der Waals surface area contributed by atoms with Crippen LogP contribution in [-0.2, 0) is 0 Å². The van der Waals surface area contributed by atoms with E-state index in [9.17, 15) is 4.79 Å². The lowest BCUT2D eigenvalue weighted by molar-refractivity contribution is 0.107. The largest absolute Gasteiger partial charge is 0.323 e. The predicted molar refractivity (Wildman–Crippen MR) is 52.9 cm³/mol. The number of hydrogen-bond donors (Lipinski definition) is 1. The van der Waals surface area contributed by atoms with E-state index in [4.69, 9.17) is 5.84 Å². The van der Waals surface area contributed by atoms with Crippen LogP contribution in [0, 0.1) is 13.8 Å².